The van der Waals surface area contributed by atoms with Crippen molar-refractivity contribution >= 4 is 44.5 Å². The molecule has 2 N–H and O–H groups in total. The second-order valence-corrected chi connectivity index (χ2v) is 10.2. The standard InChI is InChI=1S/C27H22N4O7S/c1-16-15-24(30-38-16)31-39(34,35)19-13-11-18(12-14-19)28-25(32)17(2)36-27(33)21-8-4-3-7-20(21)26-29-22-9-5-6-10-23(22)37-26/h3-15,17H,1-2H3,(H,28,32)(H,30,31). The van der Waals surface area contributed by atoms with Gasteiger partial charge in [0.2, 0.25) is 5.89 Å². The summed E-state index contributed by atoms with van der Waals surface area (Å²) in [7, 11) is -3.91. The van der Waals surface area contributed by atoms with Crippen LogP contribution in [0.1, 0.15) is 23.0 Å². The third-order valence-electron chi connectivity index (χ3n) is 5.62. The molecule has 12 heteroatoms. The Morgan fingerprint density at radius 2 is 1.69 bits per heavy atom. The lowest BCUT2D eigenvalue weighted by atomic mass is 10.1. The number of carbonyl (C=O) groups excluding carboxylic acids is 2. The van der Waals surface area contributed by atoms with Crippen LogP contribution in [0.5, 0.6) is 0 Å². The van der Waals surface area contributed by atoms with E-state index >= 15 is 0 Å². The molecule has 0 saturated carbocycles. The molecule has 2 heterocycles. The van der Waals surface area contributed by atoms with Crippen molar-refractivity contribution in [1.82, 2.24) is 10.1 Å². The van der Waals surface area contributed by atoms with Gasteiger partial charge in [-0.25, -0.2) is 18.2 Å². The number of para-hydroxylation sites is 2. The number of ether oxygens (including phenoxy) is 1. The van der Waals surface area contributed by atoms with Gasteiger partial charge in [0.25, 0.3) is 15.9 Å². The van der Waals surface area contributed by atoms with Crippen molar-refractivity contribution in [3.05, 3.63) is 90.2 Å². The van der Waals surface area contributed by atoms with Gasteiger partial charge in [-0.1, -0.05) is 29.4 Å². The zero-order chi connectivity index (χ0) is 27.6. The molecule has 0 spiro atoms. The number of hydrogen-bond acceptors (Lipinski definition) is 9. The Bertz CT molecular complexity index is 1740. The lowest BCUT2D eigenvalue weighted by Gasteiger charge is -2.15. The van der Waals surface area contributed by atoms with E-state index in [2.05, 4.69) is 20.2 Å². The Morgan fingerprint density at radius 3 is 2.41 bits per heavy atom. The minimum atomic E-state index is -3.91. The van der Waals surface area contributed by atoms with Gasteiger partial charge in [0.15, 0.2) is 17.5 Å². The number of aromatic nitrogens is 2. The molecule has 1 unspecified atom stereocenters. The second-order valence-electron chi connectivity index (χ2n) is 8.52. The highest BCUT2D eigenvalue weighted by Gasteiger charge is 2.23. The monoisotopic (exact) mass is 546 g/mol. The van der Waals surface area contributed by atoms with Crippen LogP contribution in [-0.4, -0.2) is 36.5 Å². The van der Waals surface area contributed by atoms with Crippen molar-refractivity contribution in [3.63, 3.8) is 0 Å². The largest absolute Gasteiger partial charge is 0.449 e. The van der Waals surface area contributed by atoms with E-state index in [4.69, 9.17) is 13.7 Å². The fourth-order valence-corrected chi connectivity index (χ4v) is 4.67. The van der Waals surface area contributed by atoms with Crippen LogP contribution < -0.4 is 10.0 Å². The molecule has 0 aliphatic rings. The van der Waals surface area contributed by atoms with Crippen LogP contribution in [0.3, 0.4) is 0 Å². The topological polar surface area (TPSA) is 154 Å². The van der Waals surface area contributed by atoms with Gasteiger partial charge in [-0.15, -0.1) is 0 Å². The third kappa shape index (κ3) is 5.65. The summed E-state index contributed by atoms with van der Waals surface area (Å²) in [6.07, 6.45) is -1.16. The van der Waals surface area contributed by atoms with Gasteiger partial charge in [0.1, 0.15) is 11.3 Å². The molecular weight excluding hydrogens is 524 g/mol. The van der Waals surface area contributed by atoms with E-state index in [9.17, 15) is 18.0 Å². The highest BCUT2D eigenvalue weighted by Crippen LogP contribution is 2.28. The zero-order valence-electron chi connectivity index (χ0n) is 20.7. The Hall–Kier alpha value is -4.97. The van der Waals surface area contributed by atoms with Crippen LogP contribution >= 0.6 is 0 Å². The first-order valence-corrected chi connectivity index (χ1v) is 13.2. The van der Waals surface area contributed by atoms with E-state index in [1.165, 1.54) is 37.3 Å². The summed E-state index contributed by atoms with van der Waals surface area (Å²) in [5.74, 6) is -0.571. The fourth-order valence-electron chi connectivity index (χ4n) is 3.68. The van der Waals surface area contributed by atoms with Gasteiger partial charge in [0.05, 0.1) is 16.0 Å². The highest BCUT2D eigenvalue weighted by molar-refractivity contribution is 7.92. The van der Waals surface area contributed by atoms with Crippen LogP contribution in [0.2, 0.25) is 0 Å². The molecule has 0 saturated heterocycles. The van der Waals surface area contributed by atoms with Gasteiger partial charge < -0.3 is 19.0 Å². The van der Waals surface area contributed by atoms with Crippen LogP contribution in [0, 0.1) is 6.92 Å². The van der Waals surface area contributed by atoms with Gasteiger partial charge >= 0.3 is 5.97 Å². The SMILES string of the molecule is Cc1cc(NS(=O)(=O)c2ccc(NC(=O)C(C)OC(=O)c3ccccc3-c3nc4ccccc4o3)cc2)no1. The Kier molecular flexibility index (Phi) is 6.86. The van der Waals surface area contributed by atoms with Crippen molar-refractivity contribution < 1.29 is 31.7 Å². The molecule has 3 aromatic carbocycles. The van der Waals surface area contributed by atoms with Crippen molar-refractivity contribution in [3.8, 4) is 11.5 Å². The van der Waals surface area contributed by atoms with E-state index in [1.807, 2.05) is 12.1 Å². The van der Waals surface area contributed by atoms with Crippen molar-refractivity contribution in [2.45, 2.75) is 24.8 Å². The maximum Gasteiger partial charge on any atom is 0.339 e. The lowest BCUT2D eigenvalue weighted by molar-refractivity contribution is -0.123. The van der Waals surface area contributed by atoms with Gasteiger partial charge in [-0.05, 0) is 62.4 Å². The first kappa shape index (κ1) is 25.7. The van der Waals surface area contributed by atoms with E-state index in [-0.39, 0.29) is 22.2 Å². The van der Waals surface area contributed by atoms with Crippen molar-refractivity contribution in [1.29, 1.82) is 0 Å². The average Bonchev–Trinajstić information content (AvgIpc) is 3.54. The molecule has 1 atom stereocenters. The number of amides is 1. The maximum absolute atomic E-state index is 13.0. The van der Waals surface area contributed by atoms with Gasteiger partial charge in [-0.3, -0.25) is 9.52 Å². The number of aryl methyl sites for hydroxylation is 1. The molecule has 0 aliphatic heterocycles. The molecular formula is C27H22N4O7S. The number of sulfonamides is 1. The van der Waals surface area contributed by atoms with Crippen molar-refractivity contribution in [2.75, 3.05) is 10.0 Å². The van der Waals surface area contributed by atoms with Gasteiger partial charge in [0, 0.05) is 11.8 Å². The van der Waals surface area contributed by atoms with E-state index in [0.29, 0.717) is 28.1 Å². The van der Waals surface area contributed by atoms with Crippen LogP contribution in [0.15, 0.2) is 92.7 Å². The number of hydrogen-bond donors (Lipinski definition) is 2. The zero-order valence-corrected chi connectivity index (χ0v) is 21.6. The summed E-state index contributed by atoms with van der Waals surface area (Å²) < 4.78 is 43.4. The molecule has 0 radical (unpaired) electrons. The number of esters is 1. The number of oxazole rings is 1. The third-order valence-corrected chi connectivity index (χ3v) is 6.99. The number of rotatable bonds is 8. The highest BCUT2D eigenvalue weighted by atomic mass is 32.2. The van der Waals surface area contributed by atoms with Crippen LogP contribution in [-0.2, 0) is 19.6 Å². The summed E-state index contributed by atoms with van der Waals surface area (Å²) in [4.78, 5) is 30.1. The molecule has 2 aromatic heterocycles. The fraction of sp³-hybridized carbons (Fsp3) is 0.111. The summed E-state index contributed by atoms with van der Waals surface area (Å²) in [5.41, 5.74) is 2.15. The lowest BCUT2D eigenvalue weighted by Crippen LogP contribution is -2.30. The first-order valence-electron chi connectivity index (χ1n) is 11.7. The number of nitrogens with one attached hydrogen (secondary N) is 2. The Morgan fingerprint density at radius 1 is 0.974 bits per heavy atom. The van der Waals surface area contributed by atoms with Gasteiger partial charge in [-0.2, -0.15) is 0 Å². The summed E-state index contributed by atoms with van der Waals surface area (Å²) in [6.45, 7) is 3.06. The minimum Gasteiger partial charge on any atom is -0.449 e. The van der Waals surface area contributed by atoms with E-state index in [0.717, 1.165) is 0 Å². The maximum atomic E-state index is 13.0. The molecule has 5 aromatic rings. The summed E-state index contributed by atoms with van der Waals surface area (Å²) in [5, 5.41) is 6.21. The quantitative estimate of drug-likeness (QED) is 0.262. The van der Waals surface area contributed by atoms with Crippen LogP contribution in [0.25, 0.3) is 22.6 Å². The molecule has 198 valence electrons. The first-order chi connectivity index (χ1) is 18.7. The Balaban J connectivity index is 1.24. The van der Waals surface area contributed by atoms with E-state index in [1.54, 1.807) is 43.3 Å². The molecule has 11 nitrogen and oxygen atoms in total. The molecule has 0 aliphatic carbocycles. The normalized spacial score (nSPS) is 12.2. The predicted molar refractivity (Wildman–Crippen MR) is 141 cm³/mol. The number of benzene rings is 3. The second kappa shape index (κ2) is 10.4. The predicted octanol–water partition coefficient (Wildman–Crippen LogP) is 4.78. The van der Waals surface area contributed by atoms with Crippen molar-refractivity contribution in [2.24, 2.45) is 0 Å². The van der Waals surface area contributed by atoms with E-state index < -0.39 is 28.0 Å². The molecule has 1 amide bonds. The average molecular weight is 547 g/mol. The molecule has 0 bridgehead atoms. The number of anilines is 2. The molecule has 0 fully saturated rings. The smallest absolute Gasteiger partial charge is 0.339 e. The molecule has 39 heavy (non-hydrogen) atoms. The molecule has 5 rings (SSSR count). The minimum absolute atomic E-state index is 0.0450. The summed E-state index contributed by atoms with van der Waals surface area (Å²) >= 11 is 0. The Labute approximate surface area is 222 Å². The number of nitrogens with zero attached hydrogens (tertiary/aromatic N) is 2. The number of fused-ring (bicyclic) bond motifs is 1. The van der Waals surface area contributed by atoms with Crippen LogP contribution in [0.4, 0.5) is 11.5 Å². The number of carbonyl (C=O) groups is 2. The summed E-state index contributed by atoms with van der Waals surface area (Å²) in [6, 6.07) is 20.8.